The molecule has 1 aromatic carbocycles. The molecular weight excluding hydrogens is 256 g/mol. The number of para-hydroxylation sites is 1. The highest BCUT2D eigenvalue weighted by Gasteiger charge is 2.38. The number of hydrogen-bond donors (Lipinski definition) is 2. The predicted molar refractivity (Wildman–Crippen MR) is 75.1 cm³/mol. The molecule has 0 bridgehead atoms. The maximum absolute atomic E-state index is 12.3. The van der Waals surface area contributed by atoms with E-state index in [1.807, 2.05) is 0 Å². The SMILES string of the molecule is COc1cccc(C(=O)NC2CCN3CCCC23)c1O. The summed E-state index contributed by atoms with van der Waals surface area (Å²) in [5.74, 6) is 0.0143. The maximum atomic E-state index is 12.3. The largest absolute Gasteiger partial charge is 0.504 e. The molecule has 2 heterocycles. The Hall–Kier alpha value is -1.75. The van der Waals surface area contributed by atoms with Crippen LogP contribution in [0.25, 0.3) is 0 Å². The van der Waals surface area contributed by atoms with Crippen LogP contribution in [-0.4, -0.2) is 48.2 Å². The first-order valence-electron chi connectivity index (χ1n) is 7.11. The van der Waals surface area contributed by atoms with Gasteiger partial charge in [-0.3, -0.25) is 9.69 Å². The number of nitrogens with zero attached hydrogens (tertiary/aromatic N) is 1. The molecule has 2 aliphatic heterocycles. The number of amides is 1. The summed E-state index contributed by atoms with van der Waals surface area (Å²) in [5.41, 5.74) is 0.279. The normalized spacial score (nSPS) is 25.4. The Kier molecular flexibility index (Phi) is 3.53. The van der Waals surface area contributed by atoms with Crippen LogP contribution in [0.2, 0.25) is 0 Å². The summed E-state index contributed by atoms with van der Waals surface area (Å²) >= 11 is 0. The minimum atomic E-state index is -0.222. The summed E-state index contributed by atoms with van der Waals surface area (Å²) in [7, 11) is 1.48. The summed E-state index contributed by atoms with van der Waals surface area (Å²) in [6.07, 6.45) is 3.34. The van der Waals surface area contributed by atoms with Crippen molar-refractivity contribution in [1.82, 2.24) is 10.2 Å². The molecule has 1 amide bonds. The van der Waals surface area contributed by atoms with Crippen molar-refractivity contribution in [1.29, 1.82) is 0 Å². The van der Waals surface area contributed by atoms with Crippen LogP contribution in [0.1, 0.15) is 29.6 Å². The molecule has 0 aliphatic carbocycles. The summed E-state index contributed by atoms with van der Waals surface area (Å²) in [6.45, 7) is 2.20. The van der Waals surface area contributed by atoms with Gasteiger partial charge >= 0.3 is 0 Å². The average molecular weight is 276 g/mol. The van der Waals surface area contributed by atoms with Crippen molar-refractivity contribution in [3.63, 3.8) is 0 Å². The molecule has 5 nitrogen and oxygen atoms in total. The zero-order valence-corrected chi connectivity index (χ0v) is 11.6. The number of rotatable bonds is 3. The second kappa shape index (κ2) is 5.32. The molecule has 2 unspecified atom stereocenters. The van der Waals surface area contributed by atoms with E-state index >= 15 is 0 Å². The van der Waals surface area contributed by atoms with Gasteiger partial charge < -0.3 is 15.2 Å². The number of phenols is 1. The second-order valence-corrected chi connectivity index (χ2v) is 5.47. The van der Waals surface area contributed by atoms with Gasteiger partial charge in [-0.15, -0.1) is 0 Å². The van der Waals surface area contributed by atoms with Crippen LogP contribution in [0.5, 0.6) is 11.5 Å². The highest BCUT2D eigenvalue weighted by molar-refractivity contribution is 5.97. The zero-order valence-electron chi connectivity index (χ0n) is 11.6. The monoisotopic (exact) mass is 276 g/mol. The fourth-order valence-electron chi connectivity index (χ4n) is 3.37. The van der Waals surface area contributed by atoms with Crippen molar-refractivity contribution in [2.45, 2.75) is 31.3 Å². The van der Waals surface area contributed by atoms with Gasteiger partial charge in [-0.2, -0.15) is 0 Å². The van der Waals surface area contributed by atoms with Crippen LogP contribution >= 0.6 is 0 Å². The summed E-state index contributed by atoms with van der Waals surface area (Å²) in [4.78, 5) is 14.8. The van der Waals surface area contributed by atoms with Crippen molar-refractivity contribution >= 4 is 5.91 Å². The van der Waals surface area contributed by atoms with Crippen LogP contribution < -0.4 is 10.1 Å². The second-order valence-electron chi connectivity index (χ2n) is 5.47. The highest BCUT2D eigenvalue weighted by atomic mass is 16.5. The number of hydrogen-bond acceptors (Lipinski definition) is 4. The Morgan fingerprint density at radius 2 is 2.25 bits per heavy atom. The van der Waals surface area contributed by atoms with Gasteiger partial charge in [0.05, 0.1) is 12.7 Å². The van der Waals surface area contributed by atoms with Gasteiger partial charge in [-0.25, -0.2) is 0 Å². The molecule has 0 saturated carbocycles. The Morgan fingerprint density at radius 3 is 3.05 bits per heavy atom. The molecule has 1 aromatic rings. The predicted octanol–water partition coefficient (Wildman–Crippen LogP) is 1.37. The number of phenolic OH excluding ortho intramolecular Hbond substituents is 1. The Morgan fingerprint density at radius 1 is 1.40 bits per heavy atom. The van der Waals surface area contributed by atoms with E-state index in [1.54, 1.807) is 18.2 Å². The molecule has 108 valence electrons. The van der Waals surface area contributed by atoms with Gasteiger partial charge in [-0.1, -0.05) is 6.07 Å². The minimum Gasteiger partial charge on any atom is -0.504 e. The molecule has 2 fully saturated rings. The molecule has 2 N–H and O–H groups in total. The van der Waals surface area contributed by atoms with E-state index in [9.17, 15) is 9.90 Å². The third-order valence-corrected chi connectivity index (χ3v) is 4.39. The van der Waals surface area contributed by atoms with Crippen LogP contribution in [0.4, 0.5) is 0 Å². The van der Waals surface area contributed by atoms with Crippen LogP contribution in [0, 0.1) is 0 Å². The molecular formula is C15H20N2O3. The van der Waals surface area contributed by atoms with Gasteiger partial charge in [0, 0.05) is 18.6 Å². The Bertz CT molecular complexity index is 518. The van der Waals surface area contributed by atoms with Crippen LogP contribution in [0.15, 0.2) is 18.2 Å². The van der Waals surface area contributed by atoms with Gasteiger partial charge in [-0.05, 0) is 37.9 Å². The molecule has 0 aromatic heterocycles. The number of ether oxygens (including phenoxy) is 1. The molecule has 0 spiro atoms. The first kappa shape index (κ1) is 13.2. The smallest absolute Gasteiger partial charge is 0.255 e. The summed E-state index contributed by atoms with van der Waals surface area (Å²) in [5, 5.41) is 13.1. The van der Waals surface area contributed by atoms with Crippen LogP contribution in [0.3, 0.4) is 0 Å². The minimum absolute atomic E-state index is 0.0891. The van der Waals surface area contributed by atoms with E-state index < -0.39 is 0 Å². The Balaban J connectivity index is 1.73. The quantitative estimate of drug-likeness (QED) is 0.875. The van der Waals surface area contributed by atoms with Crippen molar-refractivity contribution in [3.8, 4) is 11.5 Å². The fraction of sp³-hybridized carbons (Fsp3) is 0.533. The third kappa shape index (κ3) is 2.22. The number of methoxy groups -OCH3 is 1. The maximum Gasteiger partial charge on any atom is 0.255 e. The fourth-order valence-corrected chi connectivity index (χ4v) is 3.37. The first-order chi connectivity index (χ1) is 9.70. The van der Waals surface area contributed by atoms with Gasteiger partial charge in [0.1, 0.15) is 0 Å². The topological polar surface area (TPSA) is 61.8 Å². The van der Waals surface area contributed by atoms with E-state index in [-0.39, 0.29) is 23.3 Å². The van der Waals surface area contributed by atoms with E-state index in [2.05, 4.69) is 10.2 Å². The molecule has 5 heteroatoms. The number of carbonyl (C=O) groups is 1. The van der Waals surface area contributed by atoms with Crippen molar-refractivity contribution in [3.05, 3.63) is 23.8 Å². The number of fused-ring (bicyclic) bond motifs is 1. The molecule has 0 radical (unpaired) electrons. The molecule has 20 heavy (non-hydrogen) atoms. The highest BCUT2D eigenvalue weighted by Crippen LogP contribution is 2.31. The molecule has 2 saturated heterocycles. The lowest BCUT2D eigenvalue weighted by Gasteiger charge is -2.21. The zero-order chi connectivity index (χ0) is 14.1. The Labute approximate surface area is 118 Å². The number of benzene rings is 1. The number of carbonyl (C=O) groups excluding carboxylic acids is 1. The first-order valence-corrected chi connectivity index (χ1v) is 7.11. The number of aromatic hydroxyl groups is 1. The number of nitrogens with one attached hydrogen (secondary N) is 1. The lowest BCUT2D eigenvalue weighted by atomic mass is 10.1. The van der Waals surface area contributed by atoms with E-state index in [0.29, 0.717) is 11.8 Å². The van der Waals surface area contributed by atoms with Gasteiger partial charge in [0.2, 0.25) is 0 Å². The van der Waals surface area contributed by atoms with E-state index in [0.717, 1.165) is 25.9 Å². The molecule has 2 atom stereocenters. The molecule has 2 aliphatic rings. The van der Waals surface area contributed by atoms with E-state index in [1.165, 1.54) is 13.5 Å². The lowest BCUT2D eigenvalue weighted by Crippen LogP contribution is -2.42. The summed E-state index contributed by atoms with van der Waals surface area (Å²) < 4.78 is 5.04. The van der Waals surface area contributed by atoms with Crippen LogP contribution in [-0.2, 0) is 0 Å². The van der Waals surface area contributed by atoms with Crippen molar-refractivity contribution in [2.24, 2.45) is 0 Å². The van der Waals surface area contributed by atoms with Crippen molar-refractivity contribution in [2.75, 3.05) is 20.2 Å². The summed E-state index contributed by atoms with van der Waals surface area (Å²) in [6, 6.07) is 5.63. The molecule has 3 rings (SSSR count). The van der Waals surface area contributed by atoms with Gasteiger partial charge in [0.25, 0.3) is 5.91 Å². The average Bonchev–Trinajstić information content (AvgIpc) is 3.04. The standard InChI is InChI=1S/C15H20N2O3/c1-20-13-6-2-4-10(14(13)18)15(19)16-11-7-9-17-8-3-5-12(11)17/h2,4,6,11-12,18H,3,5,7-9H2,1H3,(H,16,19). The van der Waals surface area contributed by atoms with Crippen molar-refractivity contribution < 1.29 is 14.6 Å². The van der Waals surface area contributed by atoms with Gasteiger partial charge in [0.15, 0.2) is 11.5 Å². The third-order valence-electron chi connectivity index (χ3n) is 4.39. The lowest BCUT2D eigenvalue weighted by molar-refractivity contribution is 0.0926. The van der Waals surface area contributed by atoms with E-state index in [4.69, 9.17) is 4.74 Å².